The molecule has 1 saturated heterocycles. The Balaban J connectivity index is 1.84. The lowest BCUT2D eigenvalue weighted by atomic mass is 9.86. The van der Waals surface area contributed by atoms with E-state index in [9.17, 15) is 18.0 Å². The van der Waals surface area contributed by atoms with Crippen molar-refractivity contribution < 1.29 is 22.7 Å². The molecule has 1 aliphatic carbocycles. The third kappa shape index (κ3) is 3.91. The molecule has 1 N–H and O–H groups in total. The summed E-state index contributed by atoms with van der Waals surface area (Å²) < 4.78 is 44.4. The number of nitrogens with one attached hydrogen (secondary N) is 1. The molecule has 24 heavy (non-hydrogen) atoms. The van der Waals surface area contributed by atoms with Gasteiger partial charge in [-0.3, -0.25) is 4.79 Å². The molecule has 0 bridgehead atoms. The van der Waals surface area contributed by atoms with Crippen LogP contribution in [0.3, 0.4) is 0 Å². The predicted molar refractivity (Wildman–Crippen MR) is 83.1 cm³/mol. The van der Waals surface area contributed by atoms with E-state index in [1.165, 1.54) is 6.07 Å². The monoisotopic (exact) mass is 341 g/mol. The molecular formula is C18H22F3NO2. The van der Waals surface area contributed by atoms with Crippen LogP contribution < -0.4 is 5.32 Å². The van der Waals surface area contributed by atoms with Gasteiger partial charge in [-0.15, -0.1) is 0 Å². The second-order valence-electron chi connectivity index (χ2n) is 6.88. The van der Waals surface area contributed by atoms with Crippen molar-refractivity contribution in [2.24, 2.45) is 17.8 Å². The van der Waals surface area contributed by atoms with E-state index >= 15 is 0 Å². The van der Waals surface area contributed by atoms with Gasteiger partial charge in [0.1, 0.15) is 0 Å². The lowest BCUT2D eigenvalue weighted by Crippen LogP contribution is -2.37. The summed E-state index contributed by atoms with van der Waals surface area (Å²) in [7, 11) is 0. The van der Waals surface area contributed by atoms with Gasteiger partial charge in [0, 0.05) is 19.1 Å². The van der Waals surface area contributed by atoms with Gasteiger partial charge in [-0.2, -0.15) is 13.2 Å². The van der Waals surface area contributed by atoms with E-state index in [1.807, 2.05) is 6.92 Å². The van der Waals surface area contributed by atoms with Crippen molar-refractivity contribution in [1.29, 1.82) is 0 Å². The number of benzene rings is 1. The van der Waals surface area contributed by atoms with Gasteiger partial charge in [0.15, 0.2) is 0 Å². The average Bonchev–Trinajstić information content (AvgIpc) is 3.29. The Morgan fingerprint density at radius 2 is 1.96 bits per heavy atom. The molecule has 0 aromatic heterocycles. The van der Waals surface area contributed by atoms with E-state index in [0.29, 0.717) is 24.7 Å². The molecule has 6 heteroatoms. The van der Waals surface area contributed by atoms with Gasteiger partial charge in [-0.1, -0.05) is 19.1 Å². The zero-order valence-corrected chi connectivity index (χ0v) is 13.6. The first kappa shape index (κ1) is 17.3. The van der Waals surface area contributed by atoms with Crippen LogP contribution in [-0.4, -0.2) is 19.1 Å². The number of amides is 1. The third-order valence-electron chi connectivity index (χ3n) is 5.05. The number of alkyl halides is 3. The summed E-state index contributed by atoms with van der Waals surface area (Å²) >= 11 is 0. The zero-order chi connectivity index (χ0) is 17.3. The van der Waals surface area contributed by atoms with E-state index in [1.54, 1.807) is 6.07 Å². The molecule has 1 aliphatic heterocycles. The molecule has 0 radical (unpaired) electrons. The molecule has 1 aromatic carbocycles. The Labute approximate surface area is 139 Å². The Hall–Kier alpha value is -1.56. The molecule has 0 unspecified atom stereocenters. The van der Waals surface area contributed by atoms with E-state index in [0.717, 1.165) is 31.4 Å². The fraction of sp³-hybridized carbons (Fsp3) is 0.611. The number of rotatable bonds is 4. The maximum absolute atomic E-state index is 13.0. The van der Waals surface area contributed by atoms with Crippen LogP contribution in [0, 0.1) is 17.8 Å². The Morgan fingerprint density at radius 1 is 1.29 bits per heavy atom. The zero-order valence-electron chi connectivity index (χ0n) is 13.6. The number of hydrogen-bond donors (Lipinski definition) is 1. The summed E-state index contributed by atoms with van der Waals surface area (Å²) in [5.74, 6) is 0.414. The summed E-state index contributed by atoms with van der Waals surface area (Å²) in [5.41, 5.74) is -0.149. The van der Waals surface area contributed by atoms with Crippen molar-refractivity contribution in [2.45, 2.75) is 38.4 Å². The predicted octanol–water partition coefficient (Wildman–Crippen LogP) is 3.95. The lowest BCUT2D eigenvalue weighted by Gasteiger charge is -2.31. The van der Waals surface area contributed by atoms with E-state index in [-0.39, 0.29) is 17.7 Å². The maximum atomic E-state index is 13.0. The van der Waals surface area contributed by atoms with Crippen molar-refractivity contribution in [3.63, 3.8) is 0 Å². The first-order valence-electron chi connectivity index (χ1n) is 8.41. The summed E-state index contributed by atoms with van der Waals surface area (Å²) in [6.45, 7) is 3.17. The quantitative estimate of drug-likeness (QED) is 0.901. The molecule has 3 atom stereocenters. The van der Waals surface area contributed by atoms with Crippen LogP contribution in [0.4, 0.5) is 13.2 Å². The van der Waals surface area contributed by atoms with Gasteiger partial charge in [0.25, 0.3) is 0 Å². The Kier molecular flexibility index (Phi) is 4.85. The SMILES string of the molecule is C[C@@H]1C[C@H]1C(=O)N[C@@H](c1cccc(C(F)(F)F)c1)C1CCOCC1. The van der Waals surface area contributed by atoms with Gasteiger partial charge in [-0.25, -0.2) is 0 Å². The highest BCUT2D eigenvalue weighted by molar-refractivity contribution is 5.81. The number of halogens is 3. The van der Waals surface area contributed by atoms with Crippen molar-refractivity contribution in [3.8, 4) is 0 Å². The minimum absolute atomic E-state index is 0.00172. The number of ether oxygens (including phenoxy) is 1. The van der Waals surface area contributed by atoms with Crippen LogP contribution in [0.2, 0.25) is 0 Å². The van der Waals surface area contributed by atoms with Crippen molar-refractivity contribution in [1.82, 2.24) is 5.32 Å². The smallest absolute Gasteiger partial charge is 0.381 e. The van der Waals surface area contributed by atoms with E-state index in [2.05, 4.69) is 5.32 Å². The first-order chi connectivity index (χ1) is 11.4. The van der Waals surface area contributed by atoms with Crippen LogP contribution in [0.1, 0.15) is 43.4 Å². The largest absolute Gasteiger partial charge is 0.416 e. The van der Waals surface area contributed by atoms with E-state index in [4.69, 9.17) is 4.74 Å². The fourth-order valence-electron chi connectivity index (χ4n) is 3.38. The molecule has 1 aromatic rings. The molecular weight excluding hydrogens is 319 g/mol. The maximum Gasteiger partial charge on any atom is 0.416 e. The molecule has 132 valence electrons. The fourth-order valence-corrected chi connectivity index (χ4v) is 3.38. The van der Waals surface area contributed by atoms with Gasteiger partial charge >= 0.3 is 6.18 Å². The second-order valence-corrected chi connectivity index (χ2v) is 6.88. The van der Waals surface area contributed by atoms with Gasteiger partial charge < -0.3 is 10.1 Å². The van der Waals surface area contributed by atoms with Crippen molar-refractivity contribution >= 4 is 5.91 Å². The first-order valence-corrected chi connectivity index (χ1v) is 8.41. The van der Waals surface area contributed by atoms with Crippen LogP contribution in [0.15, 0.2) is 24.3 Å². The topological polar surface area (TPSA) is 38.3 Å². The minimum atomic E-state index is -4.38. The molecule has 2 aliphatic rings. The summed E-state index contributed by atoms with van der Waals surface area (Å²) in [5, 5.41) is 3.01. The summed E-state index contributed by atoms with van der Waals surface area (Å²) in [6, 6.07) is 4.92. The highest BCUT2D eigenvalue weighted by Crippen LogP contribution is 2.40. The number of hydrogen-bond acceptors (Lipinski definition) is 2. The lowest BCUT2D eigenvalue weighted by molar-refractivity contribution is -0.137. The van der Waals surface area contributed by atoms with Gasteiger partial charge in [-0.05, 0) is 48.8 Å². The summed E-state index contributed by atoms with van der Waals surface area (Å²) in [4.78, 5) is 12.4. The second kappa shape index (κ2) is 6.75. The van der Waals surface area contributed by atoms with Gasteiger partial charge in [0.2, 0.25) is 5.91 Å². The van der Waals surface area contributed by atoms with Crippen molar-refractivity contribution in [3.05, 3.63) is 35.4 Å². The Bertz CT molecular complexity index is 596. The van der Waals surface area contributed by atoms with Gasteiger partial charge in [0.05, 0.1) is 11.6 Å². The molecule has 1 saturated carbocycles. The normalized spacial score (nSPS) is 26.0. The van der Waals surface area contributed by atoms with Crippen molar-refractivity contribution in [2.75, 3.05) is 13.2 Å². The number of carbonyl (C=O) groups is 1. The van der Waals surface area contributed by atoms with Crippen LogP contribution in [0.25, 0.3) is 0 Å². The van der Waals surface area contributed by atoms with E-state index < -0.39 is 17.8 Å². The highest BCUT2D eigenvalue weighted by atomic mass is 19.4. The summed E-state index contributed by atoms with van der Waals surface area (Å²) in [6.07, 6.45) is -2.05. The van der Waals surface area contributed by atoms with Crippen LogP contribution >= 0.6 is 0 Å². The third-order valence-corrected chi connectivity index (χ3v) is 5.05. The molecule has 3 nitrogen and oxygen atoms in total. The molecule has 0 spiro atoms. The molecule has 1 heterocycles. The Morgan fingerprint density at radius 3 is 2.54 bits per heavy atom. The molecule has 3 rings (SSSR count). The molecule has 1 amide bonds. The van der Waals surface area contributed by atoms with Crippen LogP contribution in [0.5, 0.6) is 0 Å². The molecule has 2 fully saturated rings. The van der Waals surface area contributed by atoms with Crippen LogP contribution in [-0.2, 0) is 15.7 Å². The average molecular weight is 341 g/mol. The highest BCUT2D eigenvalue weighted by Gasteiger charge is 2.41. The number of carbonyl (C=O) groups excluding carboxylic acids is 1. The minimum Gasteiger partial charge on any atom is -0.381 e. The standard InChI is InChI=1S/C18H22F3NO2/c1-11-9-15(11)17(23)22-16(12-5-7-24-8-6-12)13-3-2-4-14(10-13)18(19,20)21/h2-4,10-12,15-16H,5-9H2,1H3,(H,22,23)/t11-,15-,16-/m1/s1.